The zero-order valence-corrected chi connectivity index (χ0v) is 11.2. The van der Waals surface area contributed by atoms with Crippen molar-refractivity contribution in [1.29, 1.82) is 0 Å². The minimum absolute atomic E-state index is 0.0661. The van der Waals surface area contributed by atoms with Gasteiger partial charge in [0, 0.05) is 20.0 Å². The molecule has 0 spiro atoms. The number of methoxy groups -OCH3 is 1. The molecule has 0 saturated carbocycles. The first-order valence-corrected chi connectivity index (χ1v) is 5.95. The molecule has 2 N–H and O–H groups in total. The summed E-state index contributed by atoms with van der Waals surface area (Å²) < 4.78 is 4.53. The van der Waals surface area contributed by atoms with Crippen molar-refractivity contribution in [1.82, 2.24) is 4.90 Å². The zero-order chi connectivity index (χ0) is 13.4. The van der Waals surface area contributed by atoms with E-state index in [9.17, 15) is 9.59 Å². The number of amides is 1. The van der Waals surface area contributed by atoms with E-state index in [0.717, 1.165) is 0 Å². The van der Waals surface area contributed by atoms with Gasteiger partial charge in [0.25, 0.3) is 0 Å². The van der Waals surface area contributed by atoms with Gasteiger partial charge in [-0.15, -0.1) is 0 Å². The molecule has 0 aromatic carbocycles. The quantitative estimate of drug-likeness (QED) is 0.671. The van der Waals surface area contributed by atoms with Crippen molar-refractivity contribution >= 4 is 11.9 Å². The van der Waals surface area contributed by atoms with Crippen LogP contribution < -0.4 is 5.73 Å². The summed E-state index contributed by atoms with van der Waals surface area (Å²) in [6.07, 6.45) is 1.61. The molecule has 0 rings (SSSR count). The smallest absolute Gasteiger partial charge is 0.305 e. The fraction of sp³-hybridized carbons (Fsp3) is 0.833. The number of rotatable bonds is 7. The lowest BCUT2D eigenvalue weighted by Crippen LogP contribution is -2.42. The average Bonchev–Trinajstić information content (AvgIpc) is 2.26. The van der Waals surface area contributed by atoms with E-state index < -0.39 is 6.04 Å². The highest BCUT2D eigenvalue weighted by atomic mass is 16.5. The average molecular weight is 244 g/mol. The third-order valence-electron chi connectivity index (χ3n) is 2.52. The number of hydrogen-bond donors (Lipinski definition) is 1. The molecule has 0 radical (unpaired) electrons. The Labute approximate surface area is 103 Å². The van der Waals surface area contributed by atoms with Crippen LogP contribution in [0.1, 0.15) is 33.1 Å². The Hall–Kier alpha value is -1.10. The molecule has 1 atom stereocenters. The Balaban J connectivity index is 3.92. The van der Waals surface area contributed by atoms with Gasteiger partial charge in [0.05, 0.1) is 13.2 Å². The maximum atomic E-state index is 11.8. The highest BCUT2D eigenvalue weighted by molar-refractivity contribution is 5.81. The SMILES string of the molecule is COC(=O)CCCN(C)C(=O)[C@@H](N)CC(C)C. The number of nitrogens with zero attached hydrogens (tertiary/aromatic N) is 1. The van der Waals surface area contributed by atoms with Gasteiger partial charge in [0.1, 0.15) is 0 Å². The standard InChI is InChI=1S/C12H24N2O3/c1-9(2)8-10(13)12(16)14(3)7-5-6-11(15)17-4/h9-10H,5-8,13H2,1-4H3/t10-/m0/s1. The van der Waals surface area contributed by atoms with Crippen LogP contribution in [0.5, 0.6) is 0 Å². The number of nitrogens with two attached hydrogens (primary N) is 1. The van der Waals surface area contributed by atoms with Crippen molar-refractivity contribution < 1.29 is 14.3 Å². The van der Waals surface area contributed by atoms with Crippen molar-refractivity contribution in [2.24, 2.45) is 11.7 Å². The lowest BCUT2D eigenvalue weighted by molar-refractivity contribution is -0.141. The molecule has 1 amide bonds. The van der Waals surface area contributed by atoms with Crippen LogP contribution in [0.15, 0.2) is 0 Å². The molecule has 0 unspecified atom stereocenters. The van der Waals surface area contributed by atoms with E-state index in [1.165, 1.54) is 7.11 Å². The Bertz CT molecular complexity index is 254. The first-order valence-electron chi connectivity index (χ1n) is 5.95. The van der Waals surface area contributed by atoms with E-state index in [4.69, 9.17) is 5.73 Å². The highest BCUT2D eigenvalue weighted by Crippen LogP contribution is 2.05. The van der Waals surface area contributed by atoms with Crippen LogP contribution in [-0.4, -0.2) is 43.5 Å². The maximum absolute atomic E-state index is 11.8. The van der Waals surface area contributed by atoms with Gasteiger partial charge in [-0.3, -0.25) is 9.59 Å². The molecule has 0 aliphatic heterocycles. The van der Waals surface area contributed by atoms with Crippen molar-refractivity contribution in [3.8, 4) is 0 Å². The highest BCUT2D eigenvalue weighted by Gasteiger charge is 2.18. The Morgan fingerprint density at radius 2 is 1.94 bits per heavy atom. The monoisotopic (exact) mass is 244 g/mol. The molecular weight excluding hydrogens is 220 g/mol. The number of ether oxygens (including phenoxy) is 1. The van der Waals surface area contributed by atoms with E-state index in [2.05, 4.69) is 4.74 Å². The van der Waals surface area contributed by atoms with E-state index in [0.29, 0.717) is 31.7 Å². The predicted molar refractivity (Wildman–Crippen MR) is 66.3 cm³/mol. The molecule has 100 valence electrons. The lowest BCUT2D eigenvalue weighted by atomic mass is 10.0. The molecule has 0 aromatic rings. The summed E-state index contributed by atoms with van der Waals surface area (Å²) in [5, 5.41) is 0. The molecule has 0 heterocycles. The van der Waals surface area contributed by atoms with E-state index >= 15 is 0 Å². The minimum atomic E-state index is -0.446. The molecule has 5 nitrogen and oxygen atoms in total. The van der Waals surface area contributed by atoms with Crippen molar-refractivity contribution in [2.75, 3.05) is 20.7 Å². The summed E-state index contributed by atoms with van der Waals surface area (Å²) in [5.41, 5.74) is 5.79. The van der Waals surface area contributed by atoms with Crippen LogP contribution in [0.25, 0.3) is 0 Å². The second kappa shape index (κ2) is 8.06. The first kappa shape index (κ1) is 15.9. The van der Waals surface area contributed by atoms with Crippen LogP contribution in [0.2, 0.25) is 0 Å². The second-order valence-corrected chi connectivity index (χ2v) is 4.68. The molecule has 0 aliphatic rings. The maximum Gasteiger partial charge on any atom is 0.305 e. The van der Waals surface area contributed by atoms with Gasteiger partial charge in [-0.2, -0.15) is 0 Å². The van der Waals surface area contributed by atoms with Crippen LogP contribution in [0.4, 0.5) is 0 Å². The summed E-state index contributed by atoms with van der Waals surface area (Å²) in [5.74, 6) is 0.0818. The first-order chi connectivity index (χ1) is 7.88. The number of hydrogen-bond acceptors (Lipinski definition) is 4. The van der Waals surface area contributed by atoms with Crippen molar-refractivity contribution in [2.45, 2.75) is 39.2 Å². The number of likely N-dealkylation sites (N-methyl/N-ethyl adjacent to an activating group) is 1. The van der Waals surface area contributed by atoms with Gasteiger partial charge in [-0.05, 0) is 18.8 Å². The van der Waals surface area contributed by atoms with Crippen LogP contribution in [0, 0.1) is 5.92 Å². The summed E-state index contributed by atoms with van der Waals surface area (Å²) >= 11 is 0. The minimum Gasteiger partial charge on any atom is -0.469 e. The number of esters is 1. The molecule has 5 heteroatoms. The van der Waals surface area contributed by atoms with Crippen molar-refractivity contribution in [3.05, 3.63) is 0 Å². The van der Waals surface area contributed by atoms with Crippen LogP contribution in [-0.2, 0) is 14.3 Å². The van der Waals surface area contributed by atoms with Gasteiger partial charge < -0.3 is 15.4 Å². The number of carbonyl (C=O) groups is 2. The summed E-state index contributed by atoms with van der Waals surface area (Å²) in [6.45, 7) is 4.59. The fourth-order valence-electron chi connectivity index (χ4n) is 1.56. The van der Waals surface area contributed by atoms with E-state index in [1.807, 2.05) is 13.8 Å². The third kappa shape index (κ3) is 6.94. The normalized spacial score (nSPS) is 12.4. The Kier molecular flexibility index (Phi) is 7.54. The number of carbonyl (C=O) groups excluding carboxylic acids is 2. The summed E-state index contributed by atoms with van der Waals surface area (Å²) in [4.78, 5) is 24.3. The second-order valence-electron chi connectivity index (χ2n) is 4.68. The van der Waals surface area contributed by atoms with Gasteiger partial charge >= 0.3 is 5.97 Å². The van der Waals surface area contributed by atoms with Gasteiger partial charge in [0.2, 0.25) is 5.91 Å². The topological polar surface area (TPSA) is 72.6 Å². The molecule has 0 aliphatic carbocycles. The molecule has 0 bridgehead atoms. The van der Waals surface area contributed by atoms with Gasteiger partial charge in [-0.25, -0.2) is 0 Å². The Morgan fingerprint density at radius 3 is 2.41 bits per heavy atom. The van der Waals surface area contributed by atoms with E-state index in [1.54, 1.807) is 11.9 Å². The van der Waals surface area contributed by atoms with Crippen molar-refractivity contribution in [3.63, 3.8) is 0 Å². The molecule has 17 heavy (non-hydrogen) atoms. The van der Waals surface area contributed by atoms with Gasteiger partial charge in [-0.1, -0.05) is 13.8 Å². The largest absolute Gasteiger partial charge is 0.469 e. The third-order valence-corrected chi connectivity index (χ3v) is 2.52. The summed E-state index contributed by atoms with van der Waals surface area (Å²) in [7, 11) is 3.07. The fourth-order valence-corrected chi connectivity index (χ4v) is 1.56. The molecule has 0 fully saturated rings. The van der Waals surface area contributed by atoms with Crippen LogP contribution >= 0.6 is 0 Å². The van der Waals surface area contributed by atoms with Crippen LogP contribution in [0.3, 0.4) is 0 Å². The molecular formula is C12H24N2O3. The molecule has 0 aromatic heterocycles. The predicted octanol–water partition coefficient (Wildman–Crippen LogP) is 0.771. The van der Waals surface area contributed by atoms with E-state index in [-0.39, 0.29) is 11.9 Å². The molecule has 0 saturated heterocycles. The summed E-state index contributed by atoms with van der Waals surface area (Å²) in [6, 6.07) is -0.446. The van der Waals surface area contributed by atoms with Gasteiger partial charge in [0.15, 0.2) is 0 Å². The zero-order valence-electron chi connectivity index (χ0n) is 11.2. The lowest BCUT2D eigenvalue weighted by Gasteiger charge is -2.22. The Morgan fingerprint density at radius 1 is 1.35 bits per heavy atom.